The number of nitrogens with one attached hydrogen (secondary N) is 1. The number of imide groups is 1. The fourth-order valence-corrected chi connectivity index (χ4v) is 5.60. The van der Waals surface area contributed by atoms with Crippen molar-refractivity contribution in [2.45, 2.75) is 13.3 Å². The number of methoxy groups -OCH3 is 2. The van der Waals surface area contributed by atoms with Crippen molar-refractivity contribution in [1.29, 1.82) is 0 Å². The first-order valence-electron chi connectivity index (χ1n) is 11.7. The third kappa shape index (κ3) is 3.90. The highest BCUT2D eigenvalue weighted by molar-refractivity contribution is 6.23. The summed E-state index contributed by atoms with van der Waals surface area (Å²) in [6.07, 6.45) is 2.96. The molecule has 5 rings (SSSR count). The Balaban J connectivity index is 1.24. The number of benzene rings is 2. The molecular formula is C27H26N2O7. The van der Waals surface area contributed by atoms with Gasteiger partial charge in [0.1, 0.15) is 11.5 Å². The second kappa shape index (κ2) is 9.14. The zero-order valence-electron chi connectivity index (χ0n) is 20.1. The molecule has 0 radical (unpaired) electrons. The molecule has 1 heterocycles. The van der Waals surface area contributed by atoms with E-state index in [-0.39, 0.29) is 41.0 Å². The van der Waals surface area contributed by atoms with Crippen molar-refractivity contribution in [3.8, 4) is 11.5 Å². The minimum absolute atomic E-state index is 0.0948. The van der Waals surface area contributed by atoms with Gasteiger partial charge in [0.25, 0.3) is 5.91 Å². The second-order valence-electron chi connectivity index (χ2n) is 9.22. The molecule has 2 bridgehead atoms. The molecule has 2 aromatic rings. The number of allylic oxidation sites excluding steroid dienone is 2. The fraction of sp³-hybridized carbons (Fsp3) is 0.333. The van der Waals surface area contributed by atoms with Crippen molar-refractivity contribution < 1.29 is 33.4 Å². The predicted molar refractivity (Wildman–Crippen MR) is 130 cm³/mol. The summed E-state index contributed by atoms with van der Waals surface area (Å²) in [6.45, 7) is 1.48. The molecule has 2 aromatic carbocycles. The number of nitrogens with zero attached hydrogens (tertiary/aromatic N) is 1. The van der Waals surface area contributed by atoms with Gasteiger partial charge >= 0.3 is 5.97 Å². The van der Waals surface area contributed by atoms with Gasteiger partial charge in [0.2, 0.25) is 11.8 Å². The van der Waals surface area contributed by atoms with E-state index in [1.54, 1.807) is 30.3 Å². The SMILES string of the molecule is COc1ccc(NC(=O)COC(=O)c2cccc(N3C(=O)[C@@H]4[C@H](C3=O)[C@H]3C=C(C)[C@H]4C3)c2)c(OC)c1. The predicted octanol–water partition coefficient (Wildman–Crippen LogP) is 3.20. The van der Waals surface area contributed by atoms with Crippen molar-refractivity contribution in [2.75, 3.05) is 31.0 Å². The average Bonchev–Trinajstić information content (AvgIpc) is 3.52. The first kappa shape index (κ1) is 23.6. The zero-order chi connectivity index (χ0) is 25.6. The first-order valence-corrected chi connectivity index (χ1v) is 11.7. The van der Waals surface area contributed by atoms with Gasteiger partial charge in [-0.1, -0.05) is 17.7 Å². The van der Waals surface area contributed by atoms with Crippen LogP contribution in [-0.2, 0) is 19.1 Å². The number of carbonyl (C=O) groups excluding carboxylic acids is 4. The molecule has 9 nitrogen and oxygen atoms in total. The minimum Gasteiger partial charge on any atom is -0.497 e. The highest BCUT2D eigenvalue weighted by Gasteiger charge is 2.60. The zero-order valence-corrected chi connectivity index (χ0v) is 20.1. The van der Waals surface area contributed by atoms with Gasteiger partial charge in [0, 0.05) is 6.07 Å². The number of hydrogen-bond acceptors (Lipinski definition) is 7. The van der Waals surface area contributed by atoms with E-state index in [0.29, 0.717) is 22.9 Å². The molecule has 186 valence electrons. The lowest BCUT2D eigenvalue weighted by Crippen LogP contribution is -2.33. The van der Waals surface area contributed by atoms with E-state index >= 15 is 0 Å². The van der Waals surface area contributed by atoms with Crippen molar-refractivity contribution in [2.24, 2.45) is 23.7 Å². The van der Waals surface area contributed by atoms with Gasteiger partial charge < -0.3 is 19.5 Å². The summed E-state index contributed by atoms with van der Waals surface area (Å²) in [5.41, 5.74) is 2.04. The van der Waals surface area contributed by atoms with Crippen LogP contribution in [0.25, 0.3) is 0 Å². The lowest BCUT2D eigenvalue weighted by Gasteiger charge is -2.19. The number of ether oxygens (including phenoxy) is 3. The van der Waals surface area contributed by atoms with Crippen LogP contribution in [0.2, 0.25) is 0 Å². The maximum atomic E-state index is 13.2. The smallest absolute Gasteiger partial charge is 0.338 e. The van der Waals surface area contributed by atoms with E-state index in [0.717, 1.165) is 6.42 Å². The molecule has 1 saturated carbocycles. The molecule has 36 heavy (non-hydrogen) atoms. The number of carbonyl (C=O) groups is 4. The Morgan fingerprint density at radius 2 is 1.81 bits per heavy atom. The number of esters is 1. The monoisotopic (exact) mass is 490 g/mol. The first-order chi connectivity index (χ1) is 17.3. The Bertz CT molecular complexity index is 1300. The van der Waals surface area contributed by atoms with Crippen LogP contribution in [0.4, 0.5) is 11.4 Å². The Morgan fingerprint density at radius 1 is 1.03 bits per heavy atom. The third-order valence-corrected chi connectivity index (χ3v) is 7.24. The normalized spacial score (nSPS) is 23.9. The number of amides is 3. The van der Waals surface area contributed by atoms with Crippen molar-refractivity contribution in [3.05, 3.63) is 59.7 Å². The van der Waals surface area contributed by atoms with Crippen LogP contribution in [0.15, 0.2) is 54.1 Å². The number of hydrogen-bond donors (Lipinski definition) is 1. The standard InChI is InChI=1S/C27H26N2O7/c1-14-9-16-11-19(14)24-23(16)25(31)29(26(24)32)17-6-4-5-15(10-17)27(33)36-13-22(30)28-20-8-7-18(34-2)12-21(20)35-3/h4-10,12,16,19,23-24H,11,13H2,1-3H3,(H,28,30)/t16-,19+,23+,24-/m0/s1. The summed E-state index contributed by atoms with van der Waals surface area (Å²) in [7, 11) is 2.98. The Morgan fingerprint density at radius 3 is 2.56 bits per heavy atom. The Hall–Kier alpha value is -4.14. The summed E-state index contributed by atoms with van der Waals surface area (Å²) >= 11 is 0. The lowest BCUT2D eigenvalue weighted by molar-refractivity contribution is -0.123. The molecule has 1 saturated heterocycles. The molecular weight excluding hydrogens is 464 g/mol. The van der Waals surface area contributed by atoms with Crippen LogP contribution in [-0.4, -0.2) is 44.5 Å². The topological polar surface area (TPSA) is 111 Å². The van der Waals surface area contributed by atoms with Gasteiger partial charge in [0.15, 0.2) is 6.61 Å². The van der Waals surface area contributed by atoms with Gasteiger partial charge in [-0.05, 0) is 55.5 Å². The third-order valence-electron chi connectivity index (χ3n) is 7.24. The van der Waals surface area contributed by atoms with Crippen LogP contribution in [0.1, 0.15) is 23.7 Å². The number of rotatable bonds is 7. The van der Waals surface area contributed by atoms with Gasteiger partial charge in [-0.3, -0.25) is 14.4 Å². The largest absolute Gasteiger partial charge is 0.497 e. The second-order valence-corrected chi connectivity index (χ2v) is 9.22. The van der Waals surface area contributed by atoms with Crippen molar-refractivity contribution in [1.82, 2.24) is 0 Å². The molecule has 1 N–H and O–H groups in total. The van der Waals surface area contributed by atoms with Gasteiger partial charge in [-0.2, -0.15) is 0 Å². The molecule has 0 aromatic heterocycles. The molecule has 0 unspecified atom stereocenters. The summed E-state index contributed by atoms with van der Waals surface area (Å²) in [5.74, 6) is -1.25. The van der Waals surface area contributed by atoms with E-state index in [9.17, 15) is 19.2 Å². The van der Waals surface area contributed by atoms with Crippen LogP contribution in [0.5, 0.6) is 11.5 Å². The molecule has 2 aliphatic carbocycles. The maximum Gasteiger partial charge on any atom is 0.338 e. The lowest BCUT2D eigenvalue weighted by atomic mass is 9.82. The quantitative estimate of drug-likeness (QED) is 0.360. The van der Waals surface area contributed by atoms with E-state index in [4.69, 9.17) is 14.2 Å². The molecule has 2 fully saturated rings. The fourth-order valence-electron chi connectivity index (χ4n) is 5.60. The molecule has 3 aliphatic rings. The Labute approximate surface area is 208 Å². The number of fused-ring (bicyclic) bond motifs is 5. The van der Waals surface area contributed by atoms with E-state index in [2.05, 4.69) is 11.4 Å². The van der Waals surface area contributed by atoms with E-state index < -0.39 is 18.5 Å². The summed E-state index contributed by atoms with van der Waals surface area (Å²) in [4.78, 5) is 52.5. The minimum atomic E-state index is -0.745. The van der Waals surface area contributed by atoms with E-state index in [1.165, 1.54) is 36.8 Å². The highest BCUT2D eigenvalue weighted by atomic mass is 16.5. The molecule has 3 amide bonds. The van der Waals surface area contributed by atoms with Crippen LogP contribution >= 0.6 is 0 Å². The van der Waals surface area contributed by atoms with Crippen molar-refractivity contribution in [3.63, 3.8) is 0 Å². The summed E-state index contributed by atoms with van der Waals surface area (Å²) in [5, 5.41) is 2.63. The summed E-state index contributed by atoms with van der Waals surface area (Å²) in [6, 6.07) is 11.1. The average molecular weight is 491 g/mol. The van der Waals surface area contributed by atoms with Crippen LogP contribution in [0, 0.1) is 23.7 Å². The van der Waals surface area contributed by atoms with Crippen LogP contribution < -0.4 is 19.7 Å². The van der Waals surface area contributed by atoms with Crippen LogP contribution in [0.3, 0.4) is 0 Å². The Kier molecular flexibility index (Phi) is 5.99. The number of anilines is 2. The van der Waals surface area contributed by atoms with Gasteiger partial charge in [0.05, 0.1) is 43.0 Å². The molecule has 9 heteroatoms. The molecule has 4 atom stereocenters. The molecule has 1 aliphatic heterocycles. The van der Waals surface area contributed by atoms with Gasteiger partial charge in [-0.15, -0.1) is 0 Å². The molecule has 0 spiro atoms. The summed E-state index contributed by atoms with van der Waals surface area (Å²) < 4.78 is 15.6. The van der Waals surface area contributed by atoms with Gasteiger partial charge in [-0.25, -0.2) is 9.69 Å². The highest BCUT2D eigenvalue weighted by Crippen LogP contribution is 2.55. The van der Waals surface area contributed by atoms with Crippen molar-refractivity contribution >= 4 is 35.1 Å². The van der Waals surface area contributed by atoms with E-state index in [1.807, 2.05) is 6.92 Å². The maximum absolute atomic E-state index is 13.2.